The van der Waals surface area contributed by atoms with Gasteiger partial charge in [-0.15, -0.1) is 0 Å². The van der Waals surface area contributed by atoms with Crippen molar-refractivity contribution < 1.29 is 24.3 Å². The zero-order chi connectivity index (χ0) is 25.5. The minimum Gasteiger partial charge on any atom is -0.490 e. The van der Waals surface area contributed by atoms with E-state index in [-0.39, 0.29) is 13.2 Å². The van der Waals surface area contributed by atoms with Crippen LogP contribution in [0.3, 0.4) is 0 Å². The summed E-state index contributed by atoms with van der Waals surface area (Å²) < 4.78 is 11.4. The van der Waals surface area contributed by atoms with Crippen molar-refractivity contribution in [1.82, 2.24) is 20.4 Å². The van der Waals surface area contributed by atoms with Gasteiger partial charge in [0.25, 0.3) is 5.89 Å². The number of nitrogens with one attached hydrogen (secondary N) is 1. The van der Waals surface area contributed by atoms with Crippen LogP contribution in [0.5, 0.6) is 5.75 Å². The summed E-state index contributed by atoms with van der Waals surface area (Å²) in [4.78, 5) is 20.3. The molecule has 2 heterocycles. The summed E-state index contributed by atoms with van der Waals surface area (Å²) in [7, 11) is 0. The normalized spacial score (nSPS) is 12.1. The molecule has 0 saturated heterocycles. The highest BCUT2D eigenvalue weighted by Gasteiger charge is 2.17. The maximum absolute atomic E-state index is 11.1. The molecule has 35 heavy (non-hydrogen) atoms. The van der Waals surface area contributed by atoms with Gasteiger partial charge < -0.3 is 24.8 Å². The molecule has 0 aliphatic rings. The van der Waals surface area contributed by atoms with E-state index in [9.17, 15) is 9.90 Å². The fourth-order valence-electron chi connectivity index (χ4n) is 3.75. The summed E-state index contributed by atoms with van der Waals surface area (Å²) in [6.45, 7) is 9.69. The Balaban J connectivity index is 1.76. The maximum Gasteiger partial charge on any atom is 0.258 e. The van der Waals surface area contributed by atoms with Gasteiger partial charge in [0, 0.05) is 29.6 Å². The second kappa shape index (κ2) is 11.9. The zero-order valence-electron chi connectivity index (χ0n) is 21.0. The molecule has 188 valence electrons. The van der Waals surface area contributed by atoms with Gasteiger partial charge in [-0.2, -0.15) is 4.98 Å². The van der Waals surface area contributed by atoms with Crippen LogP contribution in [0.2, 0.25) is 0 Å². The molecule has 3 N–H and O–H groups in total. The highest BCUT2D eigenvalue weighted by Crippen LogP contribution is 2.31. The average molecular weight is 483 g/mol. The molecule has 0 bridgehead atoms. The highest BCUT2D eigenvalue weighted by atomic mass is 16.5. The van der Waals surface area contributed by atoms with E-state index >= 15 is 0 Å². The zero-order valence-corrected chi connectivity index (χ0v) is 21.0. The molecule has 0 aliphatic heterocycles. The van der Waals surface area contributed by atoms with Crippen molar-refractivity contribution in [3.63, 3.8) is 0 Å². The van der Waals surface area contributed by atoms with Crippen LogP contribution in [0.15, 0.2) is 28.9 Å². The number of benzene rings is 1. The molecule has 0 radical (unpaired) electrons. The van der Waals surface area contributed by atoms with E-state index in [1.165, 1.54) is 0 Å². The number of pyridine rings is 1. The van der Waals surface area contributed by atoms with Crippen molar-refractivity contribution in [3.8, 4) is 28.6 Å². The van der Waals surface area contributed by atoms with E-state index in [0.29, 0.717) is 29.8 Å². The van der Waals surface area contributed by atoms with Gasteiger partial charge in [-0.3, -0.25) is 9.78 Å². The number of hydrogen-bond donors (Lipinski definition) is 3. The second-order valence-corrected chi connectivity index (χ2v) is 9.07. The SMILES string of the molecule is CCc1cc(-c2nc(-c3cnc(CC(C)C)c(C)c3)no2)cc(C)c1OCC(O)CNC(=O)CO. The quantitative estimate of drug-likeness (QED) is 0.380. The topological polar surface area (TPSA) is 131 Å². The molecule has 1 aromatic carbocycles. The first-order valence-electron chi connectivity index (χ1n) is 11.8. The van der Waals surface area contributed by atoms with Crippen LogP contribution in [0.4, 0.5) is 0 Å². The van der Waals surface area contributed by atoms with E-state index in [1.54, 1.807) is 6.20 Å². The Labute approximate surface area is 205 Å². The fourth-order valence-corrected chi connectivity index (χ4v) is 3.75. The minimum atomic E-state index is -0.906. The van der Waals surface area contributed by atoms with Gasteiger partial charge in [0.1, 0.15) is 25.1 Å². The number of aryl methyl sites for hydroxylation is 3. The summed E-state index contributed by atoms with van der Waals surface area (Å²) in [5.41, 5.74) is 5.56. The molecule has 9 heteroatoms. The van der Waals surface area contributed by atoms with Crippen LogP contribution in [0.25, 0.3) is 22.8 Å². The Bertz CT molecular complexity index is 1160. The Morgan fingerprint density at radius 1 is 1.17 bits per heavy atom. The number of aliphatic hydroxyl groups is 2. The predicted molar refractivity (Wildman–Crippen MR) is 132 cm³/mol. The third kappa shape index (κ3) is 6.86. The summed E-state index contributed by atoms with van der Waals surface area (Å²) in [5.74, 6) is 1.54. The number of ether oxygens (including phenoxy) is 1. The molecule has 0 spiro atoms. The standard InChI is InChI=1S/C26H34N4O5/c1-6-18-10-19(9-17(5)24(18)34-14-21(32)12-28-23(33)13-31)26-29-25(30-35-26)20-8-16(4)22(27-11-20)7-15(2)3/h8-11,15,21,31-32H,6-7,12-14H2,1-5H3,(H,28,33). The van der Waals surface area contributed by atoms with Gasteiger partial charge in [0.2, 0.25) is 11.7 Å². The number of hydrogen-bond acceptors (Lipinski definition) is 8. The Morgan fingerprint density at radius 2 is 1.91 bits per heavy atom. The van der Waals surface area contributed by atoms with Crippen molar-refractivity contribution >= 4 is 5.91 Å². The molecule has 3 aromatic rings. The number of nitrogens with zero attached hydrogens (tertiary/aromatic N) is 3. The average Bonchev–Trinajstić information content (AvgIpc) is 3.32. The Morgan fingerprint density at radius 3 is 2.57 bits per heavy atom. The monoisotopic (exact) mass is 482 g/mol. The molecule has 9 nitrogen and oxygen atoms in total. The Hall–Kier alpha value is -3.30. The fraction of sp³-hybridized carbons (Fsp3) is 0.462. The van der Waals surface area contributed by atoms with Crippen LogP contribution < -0.4 is 10.1 Å². The molecule has 0 fully saturated rings. The van der Waals surface area contributed by atoms with Crippen molar-refractivity contribution in [1.29, 1.82) is 0 Å². The van der Waals surface area contributed by atoms with Crippen molar-refractivity contribution in [3.05, 3.63) is 46.8 Å². The lowest BCUT2D eigenvalue weighted by Gasteiger charge is -2.17. The molecular weight excluding hydrogens is 448 g/mol. The van der Waals surface area contributed by atoms with Crippen LogP contribution in [-0.4, -0.2) is 57.1 Å². The van der Waals surface area contributed by atoms with Gasteiger partial charge in [0.05, 0.1) is 0 Å². The van der Waals surface area contributed by atoms with Gasteiger partial charge in [-0.05, 0) is 67.5 Å². The predicted octanol–water partition coefficient (Wildman–Crippen LogP) is 3.02. The number of aliphatic hydroxyl groups excluding tert-OH is 2. The van der Waals surface area contributed by atoms with Crippen LogP contribution in [0, 0.1) is 19.8 Å². The van der Waals surface area contributed by atoms with E-state index in [0.717, 1.165) is 39.9 Å². The molecule has 2 aromatic heterocycles. The molecule has 0 aliphatic carbocycles. The second-order valence-electron chi connectivity index (χ2n) is 9.07. The Kier molecular flexibility index (Phi) is 8.95. The summed E-state index contributed by atoms with van der Waals surface area (Å²) >= 11 is 0. The van der Waals surface area contributed by atoms with Gasteiger partial charge in [-0.25, -0.2) is 0 Å². The van der Waals surface area contributed by atoms with Gasteiger partial charge >= 0.3 is 0 Å². The molecule has 3 rings (SSSR count). The number of carbonyl (C=O) groups excluding carboxylic acids is 1. The van der Waals surface area contributed by atoms with Crippen molar-refractivity contribution in [2.24, 2.45) is 5.92 Å². The smallest absolute Gasteiger partial charge is 0.258 e. The van der Waals surface area contributed by atoms with E-state index in [4.69, 9.17) is 14.4 Å². The third-order valence-electron chi connectivity index (χ3n) is 5.55. The molecule has 0 saturated carbocycles. The van der Waals surface area contributed by atoms with E-state index in [2.05, 4.69) is 34.3 Å². The van der Waals surface area contributed by atoms with E-state index in [1.807, 2.05) is 39.0 Å². The first-order valence-corrected chi connectivity index (χ1v) is 11.8. The molecule has 1 unspecified atom stereocenters. The largest absolute Gasteiger partial charge is 0.490 e. The summed E-state index contributed by atoms with van der Waals surface area (Å²) in [5, 5.41) is 25.4. The van der Waals surface area contributed by atoms with E-state index < -0.39 is 18.6 Å². The number of carbonyl (C=O) groups is 1. The number of rotatable bonds is 11. The maximum atomic E-state index is 11.1. The molecule has 1 atom stereocenters. The molecular formula is C26H34N4O5. The highest BCUT2D eigenvalue weighted by molar-refractivity contribution is 5.76. The minimum absolute atomic E-state index is 0.00273. The lowest BCUT2D eigenvalue weighted by atomic mass is 10.0. The van der Waals surface area contributed by atoms with Crippen LogP contribution in [0.1, 0.15) is 43.2 Å². The lowest BCUT2D eigenvalue weighted by molar-refractivity contribution is -0.124. The summed E-state index contributed by atoms with van der Waals surface area (Å²) in [6, 6.07) is 5.88. The number of aromatic nitrogens is 3. The molecule has 1 amide bonds. The van der Waals surface area contributed by atoms with Crippen molar-refractivity contribution in [2.75, 3.05) is 19.8 Å². The van der Waals surface area contributed by atoms with Gasteiger partial charge in [0.15, 0.2) is 0 Å². The third-order valence-corrected chi connectivity index (χ3v) is 5.55. The van der Waals surface area contributed by atoms with Gasteiger partial charge in [-0.1, -0.05) is 25.9 Å². The lowest BCUT2D eigenvalue weighted by Crippen LogP contribution is -2.36. The first-order chi connectivity index (χ1) is 16.7. The van der Waals surface area contributed by atoms with Crippen molar-refractivity contribution in [2.45, 2.75) is 53.6 Å². The van der Waals surface area contributed by atoms with Crippen LogP contribution >= 0.6 is 0 Å². The van der Waals surface area contributed by atoms with Crippen LogP contribution in [-0.2, 0) is 17.6 Å². The first kappa shape index (κ1) is 26.3. The number of amides is 1. The summed E-state index contributed by atoms with van der Waals surface area (Å²) in [6.07, 6.45) is 2.50.